The van der Waals surface area contributed by atoms with E-state index in [0.29, 0.717) is 28.2 Å². The molecule has 1 heterocycles. The number of nitrogens with one attached hydrogen (secondary N) is 2. The van der Waals surface area contributed by atoms with Gasteiger partial charge in [0.25, 0.3) is 17.4 Å². The van der Waals surface area contributed by atoms with Gasteiger partial charge in [-0.25, -0.2) is 9.07 Å². The highest BCUT2D eigenvalue weighted by atomic mass is 79.9. The Morgan fingerprint density at radius 2 is 1.79 bits per heavy atom. The Kier molecular flexibility index (Phi) is 5.84. The molecular weight excluding hydrogens is 431 g/mol. The molecule has 0 spiro atoms. The Hall–Kier alpha value is -3.07. The molecule has 7 nitrogen and oxygen atoms in total. The Balaban J connectivity index is 1.89. The van der Waals surface area contributed by atoms with E-state index >= 15 is 0 Å². The second kappa shape index (κ2) is 8.30. The van der Waals surface area contributed by atoms with Crippen LogP contribution in [0.5, 0.6) is 0 Å². The lowest BCUT2D eigenvalue weighted by Gasteiger charge is -2.12. The summed E-state index contributed by atoms with van der Waals surface area (Å²) < 4.78 is 15.0. The van der Waals surface area contributed by atoms with Crippen molar-refractivity contribution in [3.63, 3.8) is 0 Å². The van der Waals surface area contributed by atoms with Gasteiger partial charge in [-0.2, -0.15) is 5.10 Å². The van der Waals surface area contributed by atoms with E-state index in [1.807, 2.05) is 6.92 Å². The number of hydrogen-bond acceptors (Lipinski definition) is 4. The summed E-state index contributed by atoms with van der Waals surface area (Å²) in [7, 11) is 0. The smallest absolute Gasteiger partial charge is 0.267 e. The van der Waals surface area contributed by atoms with Gasteiger partial charge in [-0.05, 0) is 46.6 Å². The molecule has 28 heavy (non-hydrogen) atoms. The zero-order chi connectivity index (χ0) is 20.3. The van der Waals surface area contributed by atoms with E-state index in [1.165, 1.54) is 16.8 Å². The number of hydrazine groups is 1. The number of halogens is 2. The van der Waals surface area contributed by atoms with Crippen molar-refractivity contribution >= 4 is 38.5 Å². The van der Waals surface area contributed by atoms with Crippen molar-refractivity contribution in [3.8, 4) is 0 Å². The quantitative estimate of drug-likeness (QED) is 0.602. The predicted molar refractivity (Wildman–Crippen MR) is 105 cm³/mol. The van der Waals surface area contributed by atoms with Gasteiger partial charge in [0, 0.05) is 16.4 Å². The highest BCUT2D eigenvalue weighted by Gasteiger charge is 2.18. The average Bonchev–Trinajstić information content (AvgIpc) is 2.70. The molecule has 0 saturated carbocycles. The van der Waals surface area contributed by atoms with Crippen molar-refractivity contribution in [1.82, 2.24) is 20.6 Å². The lowest BCUT2D eigenvalue weighted by atomic mass is 10.1. The zero-order valence-electron chi connectivity index (χ0n) is 14.8. The second-order valence-corrected chi connectivity index (χ2v) is 6.81. The molecule has 144 valence electrons. The number of nitrogens with zero attached hydrogens (tertiary/aromatic N) is 2. The molecule has 0 bridgehead atoms. The average molecular weight is 447 g/mol. The van der Waals surface area contributed by atoms with Crippen LogP contribution in [0.2, 0.25) is 0 Å². The Labute approximate surface area is 167 Å². The molecule has 0 atom stereocenters. The summed E-state index contributed by atoms with van der Waals surface area (Å²) in [4.78, 5) is 37.3. The summed E-state index contributed by atoms with van der Waals surface area (Å²) in [6.45, 7) is 2.24. The van der Waals surface area contributed by atoms with Gasteiger partial charge >= 0.3 is 0 Å². The number of carbonyl (C=O) groups is 2. The fourth-order valence-corrected chi connectivity index (χ4v) is 3.10. The first kappa shape index (κ1) is 19.7. The maximum absolute atomic E-state index is 13.4. The summed E-state index contributed by atoms with van der Waals surface area (Å²) in [6.07, 6.45) is 0.663. The van der Waals surface area contributed by atoms with E-state index in [4.69, 9.17) is 0 Å². The van der Waals surface area contributed by atoms with Gasteiger partial charge in [0.15, 0.2) is 5.69 Å². The maximum atomic E-state index is 13.4. The topological polar surface area (TPSA) is 93.1 Å². The SMILES string of the molecule is CCCn1nc(C(=O)NNC(=O)c2cc(F)ccc2Br)c2ccccc2c1=O. The predicted octanol–water partition coefficient (Wildman–Crippen LogP) is 2.78. The molecule has 0 saturated heterocycles. The Morgan fingerprint density at radius 3 is 2.50 bits per heavy atom. The van der Waals surface area contributed by atoms with Gasteiger partial charge in [0.05, 0.1) is 10.9 Å². The van der Waals surface area contributed by atoms with Gasteiger partial charge < -0.3 is 0 Å². The van der Waals surface area contributed by atoms with E-state index in [1.54, 1.807) is 24.3 Å². The van der Waals surface area contributed by atoms with E-state index < -0.39 is 17.6 Å². The Morgan fingerprint density at radius 1 is 1.11 bits per heavy atom. The molecule has 0 aliphatic heterocycles. The third-order valence-corrected chi connectivity index (χ3v) is 4.67. The minimum absolute atomic E-state index is 0.00209. The van der Waals surface area contributed by atoms with Crippen LogP contribution in [0, 0.1) is 5.82 Å². The number of aryl methyl sites for hydroxylation is 1. The molecule has 2 aromatic carbocycles. The number of aromatic nitrogens is 2. The van der Waals surface area contributed by atoms with Crippen LogP contribution in [0.15, 0.2) is 51.7 Å². The molecule has 2 N–H and O–H groups in total. The van der Waals surface area contributed by atoms with E-state index in [2.05, 4.69) is 31.9 Å². The van der Waals surface area contributed by atoms with Crippen molar-refractivity contribution < 1.29 is 14.0 Å². The zero-order valence-corrected chi connectivity index (χ0v) is 16.4. The fourth-order valence-electron chi connectivity index (χ4n) is 2.68. The van der Waals surface area contributed by atoms with Crippen molar-refractivity contribution in [3.05, 3.63) is 74.4 Å². The molecule has 0 radical (unpaired) electrons. The normalized spacial score (nSPS) is 10.7. The first-order valence-corrected chi connectivity index (χ1v) is 9.27. The lowest BCUT2D eigenvalue weighted by molar-refractivity contribution is 0.0843. The molecule has 3 aromatic rings. The first-order valence-electron chi connectivity index (χ1n) is 8.48. The number of rotatable bonds is 4. The molecule has 9 heteroatoms. The number of benzene rings is 2. The van der Waals surface area contributed by atoms with E-state index in [-0.39, 0.29) is 16.8 Å². The minimum Gasteiger partial charge on any atom is -0.267 e. The molecule has 0 aliphatic carbocycles. The molecule has 1 aromatic heterocycles. The number of fused-ring (bicyclic) bond motifs is 1. The van der Waals surface area contributed by atoms with E-state index in [9.17, 15) is 18.8 Å². The highest BCUT2D eigenvalue weighted by molar-refractivity contribution is 9.10. The van der Waals surface area contributed by atoms with Gasteiger partial charge in [0.1, 0.15) is 5.82 Å². The standard InChI is InChI=1S/C19H16BrFN4O3/c1-2-9-25-19(28)13-6-4-3-5-12(13)16(24-25)18(27)23-22-17(26)14-10-11(21)7-8-15(14)20/h3-8,10H,2,9H2,1H3,(H,22,26)(H,23,27). The summed E-state index contributed by atoms with van der Waals surface area (Å²) in [5.74, 6) is -1.98. The van der Waals surface area contributed by atoms with Crippen LogP contribution in [0.3, 0.4) is 0 Å². The van der Waals surface area contributed by atoms with Crippen molar-refractivity contribution in [2.45, 2.75) is 19.9 Å². The second-order valence-electron chi connectivity index (χ2n) is 5.95. The number of carbonyl (C=O) groups excluding carboxylic acids is 2. The number of amides is 2. The fraction of sp³-hybridized carbons (Fsp3) is 0.158. The third-order valence-electron chi connectivity index (χ3n) is 3.98. The lowest BCUT2D eigenvalue weighted by Crippen LogP contribution is -2.43. The van der Waals surface area contributed by atoms with Crippen LogP contribution in [0.4, 0.5) is 4.39 Å². The third kappa shape index (κ3) is 3.94. The monoisotopic (exact) mass is 446 g/mol. The van der Waals surface area contributed by atoms with Gasteiger partial charge in [-0.15, -0.1) is 0 Å². The van der Waals surface area contributed by atoms with Crippen LogP contribution in [0.1, 0.15) is 34.2 Å². The van der Waals surface area contributed by atoms with Crippen LogP contribution in [0.25, 0.3) is 10.8 Å². The van der Waals surface area contributed by atoms with Crippen molar-refractivity contribution in [1.29, 1.82) is 0 Å². The van der Waals surface area contributed by atoms with Crippen LogP contribution < -0.4 is 16.4 Å². The first-order chi connectivity index (χ1) is 13.4. The summed E-state index contributed by atoms with van der Waals surface area (Å²) in [5.41, 5.74) is 4.23. The summed E-state index contributed by atoms with van der Waals surface area (Å²) in [6, 6.07) is 10.2. The number of hydrogen-bond donors (Lipinski definition) is 2. The minimum atomic E-state index is -0.703. The molecule has 0 aliphatic rings. The Bertz CT molecular complexity index is 1130. The van der Waals surface area contributed by atoms with Crippen LogP contribution in [-0.4, -0.2) is 21.6 Å². The van der Waals surface area contributed by atoms with E-state index in [0.717, 1.165) is 6.07 Å². The van der Waals surface area contributed by atoms with Crippen LogP contribution in [-0.2, 0) is 6.54 Å². The molecule has 2 amide bonds. The largest absolute Gasteiger partial charge is 0.290 e. The molecular formula is C19H16BrFN4O3. The van der Waals surface area contributed by atoms with Crippen molar-refractivity contribution in [2.24, 2.45) is 0 Å². The maximum Gasteiger partial charge on any atom is 0.290 e. The molecule has 0 unspecified atom stereocenters. The molecule has 3 rings (SSSR count). The van der Waals surface area contributed by atoms with Gasteiger partial charge in [-0.1, -0.05) is 25.1 Å². The van der Waals surface area contributed by atoms with Crippen molar-refractivity contribution in [2.75, 3.05) is 0 Å². The summed E-state index contributed by atoms with van der Waals surface area (Å²) in [5, 5.41) is 4.87. The highest BCUT2D eigenvalue weighted by Crippen LogP contribution is 2.17. The van der Waals surface area contributed by atoms with Gasteiger partial charge in [-0.3, -0.25) is 25.2 Å². The molecule has 0 fully saturated rings. The van der Waals surface area contributed by atoms with Crippen LogP contribution >= 0.6 is 15.9 Å². The van der Waals surface area contributed by atoms with Gasteiger partial charge in [0.2, 0.25) is 0 Å². The summed E-state index contributed by atoms with van der Waals surface area (Å²) >= 11 is 3.16.